The minimum atomic E-state index is -0.813. The van der Waals surface area contributed by atoms with Crippen molar-refractivity contribution in [3.63, 3.8) is 0 Å². The number of hydrogen-bond donors (Lipinski definition) is 0. The van der Waals surface area contributed by atoms with Gasteiger partial charge in [-0.1, -0.05) is 13.3 Å². The Hall–Kier alpha value is 0.530. The summed E-state index contributed by atoms with van der Waals surface area (Å²) in [6.45, 7) is 4.05. The molecular formula is C9H15ClOS2. The van der Waals surface area contributed by atoms with E-state index in [1.165, 1.54) is 4.91 Å². The van der Waals surface area contributed by atoms with Crippen molar-refractivity contribution in [3.8, 4) is 0 Å². The third-order valence-electron chi connectivity index (χ3n) is 1.90. The van der Waals surface area contributed by atoms with E-state index in [0.29, 0.717) is 0 Å². The molecule has 0 aromatic carbocycles. The number of allylic oxidation sites excluding steroid dienone is 2. The van der Waals surface area contributed by atoms with Crippen LogP contribution < -0.4 is 0 Å². The summed E-state index contributed by atoms with van der Waals surface area (Å²) in [7, 11) is -0.813. The zero-order valence-corrected chi connectivity index (χ0v) is 10.4. The summed E-state index contributed by atoms with van der Waals surface area (Å²) in [5.41, 5.74) is 0. The van der Waals surface area contributed by atoms with Gasteiger partial charge in [0.05, 0.1) is 16.2 Å². The Labute approximate surface area is 91.8 Å². The third kappa shape index (κ3) is 3.00. The van der Waals surface area contributed by atoms with Crippen LogP contribution in [0.1, 0.15) is 26.7 Å². The van der Waals surface area contributed by atoms with Gasteiger partial charge in [-0.15, -0.1) is 23.4 Å². The highest BCUT2D eigenvalue weighted by Crippen LogP contribution is 2.34. The predicted molar refractivity (Wildman–Crippen MR) is 62.7 cm³/mol. The Bertz CT molecular complexity index is 236. The molecule has 0 aliphatic carbocycles. The summed E-state index contributed by atoms with van der Waals surface area (Å²) < 4.78 is 11.7. The molecule has 0 saturated carbocycles. The molecule has 0 spiro atoms. The van der Waals surface area contributed by atoms with Gasteiger partial charge in [0, 0.05) is 16.4 Å². The van der Waals surface area contributed by atoms with Crippen LogP contribution in [0.3, 0.4) is 0 Å². The quantitative estimate of drug-likeness (QED) is 0.703. The Morgan fingerprint density at radius 1 is 1.69 bits per heavy atom. The number of alkyl halides is 1. The smallest absolute Gasteiger partial charge is 0.0649 e. The van der Waals surface area contributed by atoms with Gasteiger partial charge in [-0.2, -0.15) is 0 Å². The molecule has 0 saturated heterocycles. The molecule has 1 aliphatic rings. The van der Waals surface area contributed by atoms with Gasteiger partial charge < -0.3 is 0 Å². The molecule has 0 N–H and O–H groups in total. The van der Waals surface area contributed by atoms with Gasteiger partial charge in [0.15, 0.2) is 0 Å². The first-order valence-electron chi connectivity index (χ1n) is 4.55. The molecule has 13 heavy (non-hydrogen) atoms. The summed E-state index contributed by atoms with van der Waals surface area (Å²) >= 11 is 7.85. The molecule has 0 aromatic rings. The van der Waals surface area contributed by atoms with Crippen LogP contribution in [0.15, 0.2) is 9.81 Å². The first kappa shape index (κ1) is 11.6. The van der Waals surface area contributed by atoms with Crippen LogP contribution in [0.4, 0.5) is 0 Å². The van der Waals surface area contributed by atoms with Gasteiger partial charge in [-0.25, -0.2) is 0 Å². The second kappa shape index (κ2) is 5.42. The fraction of sp³-hybridized carbons (Fsp3) is 0.778. The lowest BCUT2D eigenvalue weighted by Crippen LogP contribution is -2.16. The Morgan fingerprint density at radius 3 is 2.92 bits per heavy atom. The molecule has 0 bridgehead atoms. The van der Waals surface area contributed by atoms with E-state index in [1.807, 2.05) is 18.7 Å². The highest BCUT2D eigenvalue weighted by Gasteiger charge is 2.22. The average Bonchev–Trinajstić information content (AvgIpc) is 2.04. The summed E-state index contributed by atoms with van der Waals surface area (Å²) in [4.78, 5) is 2.26. The zero-order valence-electron chi connectivity index (χ0n) is 8.01. The fourth-order valence-corrected chi connectivity index (χ4v) is 5.12. The Morgan fingerprint density at radius 2 is 2.38 bits per heavy atom. The molecule has 1 rings (SSSR count). The molecule has 4 heteroatoms. The highest BCUT2D eigenvalue weighted by molar-refractivity contribution is 8.06. The van der Waals surface area contributed by atoms with Crippen LogP contribution in [0.25, 0.3) is 0 Å². The molecule has 2 atom stereocenters. The van der Waals surface area contributed by atoms with Gasteiger partial charge >= 0.3 is 0 Å². The van der Waals surface area contributed by atoms with Gasteiger partial charge in [0.1, 0.15) is 0 Å². The molecule has 1 aliphatic heterocycles. The number of rotatable bonds is 3. The van der Waals surface area contributed by atoms with Crippen LogP contribution >= 0.6 is 23.4 Å². The average molecular weight is 239 g/mol. The van der Waals surface area contributed by atoms with Crippen molar-refractivity contribution in [1.29, 1.82) is 0 Å². The van der Waals surface area contributed by atoms with Crippen molar-refractivity contribution in [2.45, 2.75) is 32.1 Å². The SMILES string of the molecule is CCCC1=C(C(C)Cl)S(=O)CCS1. The van der Waals surface area contributed by atoms with Gasteiger partial charge in [0.25, 0.3) is 0 Å². The lowest BCUT2D eigenvalue weighted by atomic mass is 10.3. The first-order valence-corrected chi connectivity index (χ1v) is 7.29. The maximum absolute atomic E-state index is 11.7. The monoisotopic (exact) mass is 238 g/mol. The van der Waals surface area contributed by atoms with E-state index in [1.54, 1.807) is 0 Å². The number of hydrogen-bond acceptors (Lipinski definition) is 2. The Kier molecular flexibility index (Phi) is 4.84. The second-order valence-electron chi connectivity index (χ2n) is 3.05. The maximum Gasteiger partial charge on any atom is 0.0649 e. The second-order valence-corrected chi connectivity index (χ2v) is 6.44. The minimum Gasteiger partial charge on any atom is -0.255 e. The van der Waals surface area contributed by atoms with Crippen molar-refractivity contribution in [1.82, 2.24) is 0 Å². The maximum atomic E-state index is 11.7. The van der Waals surface area contributed by atoms with E-state index < -0.39 is 10.8 Å². The van der Waals surface area contributed by atoms with Crippen molar-refractivity contribution < 1.29 is 4.21 Å². The van der Waals surface area contributed by atoms with E-state index in [9.17, 15) is 4.21 Å². The highest BCUT2D eigenvalue weighted by atomic mass is 35.5. The molecule has 0 aromatic heterocycles. The lowest BCUT2D eigenvalue weighted by Gasteiger charge is -2.20. The number of thioether (sulfide) groups is 1. The van der Waals surface area contributed by atoms with Gasteiger partial charge in [0.2, 0.25) is 0 Å². The standard InChI is InChI=1S/C9H15ClOS2/c1-3-4-8-9(7(2)10)13(11)6-5-12-8/h7H,3-6H2,1-2H3. The predicted octanol–water partition coefficient (Wildman–Crippen LogP) is 3.12. The summed E-state index contributed by atoms with van der Waals surface area (Å²) in [5.74, 6) is 1.75. The summed E-state index contributed by atoms with van der Waals surface area (Å²) in [5, 5.41) is -0.0739. The summed E-state index contributed by atoms with van der Waals surface area (Å²) in [6.07, 6.45) is 2.13. The zero-order chi connectivity index (χ0) is 9.84. The topological polar surface area (TPSA) is 17.1 Å². The molecule has 1 heterocycles. The van der Waals surface area contributed by atoms with Gasteiger partial charge in [-0.3, -0.25) is 4.21 Å². The molecule has 76 valence electrons. The molecule has 2 unspecified atom stereocenters. The van der Waals surface area contributed by atoms with E-state index in [0.717, 1.165) is 29.3 Å². The summed E-state index contributed by atoms with van der Waals surface area (Å²) in [6, 6.07) is 0. The van der Waals surface area contributed by atoms with Crippen LogP contribution in [0, 0.1) is 0 Å². The number of halogens is 1. The normalized spacial score (nSPS) is 26.2. The van der Waals surface area contributed by atoms with Crippen LogP contribution in [-0.2, 0) is 10.8 Å². The van der Waals surface area contributed by atoms with Crippen LogP contribution in [0.2, 0.25) is 0 Å². The van der Waals surface area contributed by atoms with E-state index in [4.69, 9.17) is 11.6 Å². The molecule has 1 nitrogen and oxygen atoms in total. The van der Waals surface area contributed by atoms with E-state index in [-0.39, 0.29) is 5.38 Å². The fourth-order valence-electron chi connectivity index (χ4n) is 1.37. The minimum absolute atomic E-state index is 0.0739. The third-order valence-corrected chi connectivity index (χ3v) is 5.48. The van der Waals surface area contributed by atoms with Crippen molar-refractivity contribution >= 4 is 34.2 Å². The van der Waals surface area contributed by atoms with Crippen molar-refractivity contribution in [2.75, 3.05) is 11.5 Å². The first-order chi connectivity index (χ1) is 6.16. The van der Waals surface area contributed by atoms with Crippen molar-refractivity contribution in [3.05, 3.63) is 9.81 Å². The van der Waals surface area contributed by atoms with E-state index >= 15 is 0 Å². The molecule has 0 radical (unpaired) electrons. The molecule has 0 amide bonds. The molecule has 0 fully saturated rings. The Balaban J connectivity index is 2.90. The van der Waals surface area contributed by atoms with E-state index in [2.05, 4.69) is 6.92 Å². The lowest BCUT2D eigenvalue weighted by molar-refractivity contribution is 0.686. The van der Waals surface area contributed by atoms with Gasteiger partial charge in [-0.05, 0) is 18.2 Å². The van der Waals surface area contributed by atoms with Crippen molar-refractivity contribution in [2.24, 2.45) is 0 Å². The van der Waals surface area contributed by atoms with Crippen LogP contribution in [-0.4, -0.2) is 21.1 Å². The largest absolute Gasteiger partial charge is 0.255 e. The molecular weight excluding hydrogens is 224 g/mol. The van der Waals surface area contributed by atoms with Crippen LogP contribution in [0.5, 0.6) is 0 Å².